The molecule has 2 heterocycles. The van der Waals surface area contributed by atoms with Crippen LogP contribution < -0.4 is 27.7 Å². The number of nitrogens with two attached hydrogens (primary N) is 2. The van der Waals surface area contributed by atoms with E-state index in [1.807, 2.05) is 4.90 Å². The van der Waals surface area contributed by atoms with E-state index in [4.69, 9.17) is 23.2 Å². The first kappa shape index (κ1) is 18.6. The van der Waals surface area contributed by atoms with Crippen molar-refractivity contribution in [3.05, 3.63) is 37.7 Å². The lowest BCUT2D eigenvalue weighted by Gasteiger charge is -2.23. The summed E-state index contributed by atoms with van der Waals surface area (Å²) in [5.74, 6) is 5.02. The van der Waals surface area contributed by atoms with E-state index < -0.39 is 17.1 Å². The molecule has 0 bridgehead atoms. The molecule has 10 heteroatoms. The maximum absolute atomic E-state index is 14.9. The van der Waals surface area contributed by atoms with Crippen molar-refractivity contribution in [1.82, 2.24) is 9.24 Å². The van der Waals surface area contributed by atoms with E-state index in [0.717, 1.165) is 31.7 Å². The van der Waals surface area contributed by atoms with Gasteiger partial charge in [0.1, 0.15) is 5.82 Å². The average Bonchev–Trinajstić information content (AvgIpc) is 3.48. The van der Waals surface area contributed by atoms with Gasteiger partial charge in [0.25, 0.3) is 5.56 Å². The Morgan fingerprint density at radius 2 is 1.93 bits per heavy atom. The molecule has 1 unspecified atom stereocenters. The lowest BCUT2D eigenvalue weighted by atomic mass is 10.0. The highest BCUT2D eigenvalue weighted by Crippen LogP contribution is 2.54. The zero-order valence-corrected chi connectivity index (χ0v) is 16.0. The van der Waals surface area contributed by atoms with Crippen LogP contribution in [0.4, 0.5) is 10.1 Å². The van der Waals surface area contributed by atoms with Crippen LogP contribution in [0.2, 0.25) is 5.02 Å². The average molecular weight is 416 g/mol. The second-order valence-corrected chi connectivity index (χ2v) is 8.20. The van der Waals surface area contributed by atoms with Crippen LogP contribution in [0.1, 0.15) is 31.7 Å². The quantitative estimate of drug-likeness (QED) is 0.721. The monoisotopic (exact) mass is 415 g/mol. The van der Waals surface area contributed by atoms with Crippen LogP contribution in [-0.2, 0) is 0 Å². The summed E-state index contributed by atoms with van der Waals surface area (Å²) in [4.78, 5) is 26.8. The van der Waals surface area contributed by atoms with E-state index >= 15 is 0 Å². The molecule has 0 amide bonds. The van der Waals surface area contributed by atoms with Crippen LogP contribution in [-0.4, -0.2) is 28.4 Å². The van der Waals surface area contributed by atoms with Crippen LogP contribution in [0.15, 0.2) is 15.7 Å². The van der Waals surface area contributed by atoms with Gasteiger partial charge >= 0.3 is 5.69 Å². The molecule has 1 aromatic heterocycles. The number of halogens is 3. The Morgan fingerprint density at radius 1 is 1.26 bits per heavy atom. The first-order chi connectivity index (χ1) is 12.3. The fourth-order valence-corrected chi connectivity index (χ4v) is 4.64. The summed E-state index contributed by atoms with van der Waals surface area (Å²) in [6.45, 7) is 1.14. The van der Waals surface area contributed by atoms with E-state index in [-0.39, 0.29) is 51.5 Å². The third-order valence-electron chi connectivity index (χ3n) is 6.10. The highest BCUT2D eigenvalue weighted by molar-refractivity contribution is 6.38. The number of benzene rings is 1. The molecule has 1 saturated heterocycles. The van der Waals surface area contributed by atoms with Crippen molar-refractivity contribution in [3.8, 4) is 0 Å². The Hall–Kier alpha value is -1.77. The fourth-order valence-electron chi connectivity index (χ4n) is 4.24. The van der Waals surface area contributed by atoms with Crippen molar-refractivity contribution >= 4 is 40.6 Å². The zero-order valence-electron chi connectivity index (χ0n) is 14.5. The second kappa shape index (κ2) is 5.86. The lowest BCUT2D eigenvalue weighted by molar-refractivity contribution is 0.499. The minimum atomic E-state index is -0.744. The molecule has 1 aliphatic heterocycles. The molecule has 4 N–H and O–H groups in total. The number of nitrogens with zero attached hydrogens (tertiary/aromatic N) is 3. The smallest absolute Gasteiger partial charge is 0.350 e. The molecular formula is C17H20Cl2FN5O2. The number of hydrogen-bond acceptors (Lipinski definition) is 5. The van der Waals surface area contributed by atoms with E-state index in [2.05, 4.69) is 0 Å². The third kappa shape index (κ3) is 2.50. The van der Waals surface area contributed by atoms with Crippen molar-refractivity contribution in [2.75, 3.05) is 23.8 Å². The molecule has 2 saturated carbocycles. The highest BCUT2D eigenvalue weighted by Gasteiger charge is 2.54. The van der Waals surface area contributed by atoms with E-state index in [0.29, 0.717) is 17.8 Å². The van der Waals surface area contributed by atoms with Crippen molar-refractivity contribution in [2.24, 2.45) is 11.1 Å². The minimum Gasteiger partial charge on any atom is -0.366 e. The van der Waals surface area contributed by atoms with Gasteiger partial charge in [0, 0.05) is 30.6 Å². The largest absolute Gasteiger partial charge is 0.366 e. The number of hydrogen-bond donors (Lipinski definition) is 2. The van der Waals surface area contributed by atoms with Gasteiger partial charge in [0.15, 0.2) is 0 Å². The molecule has 146 valence electrons. The molecule has 2 aliphatic carbocycles. The number of nitrogen functional groups attached to an aromatic ring is 1. The lowest BCUT2D eigenvalue weighted by Crippen LogP contribution is -2.44. The molecule has 1 atom stereocenters. The fraction of sp³-hybridized carbons (Fsp3) is 0.529. The molecule has 3 fully saturated rings. The second-order valence-electron chi connectivity index (χ2n) is 7.83. The van der Waals surface area contributed by atoms with Crippen LogP contribution in [0.25, 0.3) is 10.9 Å². The predicted octanol–water partition coefficient (Wildman–Crippen LogP) is 1.35. The summed E-state index contributed by atoms with van der Waals surface area (Å²) in [7, 11) is 0. The Kier molecular flexibility index (Phi) is 4.04. The molecular weight excluding hydrogens is 396 g/mol. The Morgan fingerprint density at radius 3 is 2.48 bits per heavy atom. The standard InChI is InChI=1S/C17H19ClFN5O2.ClH/c18-12-13-9(15(25)24(21)16(26)23(13)8-1-2-8)5-10(19)14(12)22-6-11(20)17(7-22)3-4-17;/h5,8,11H,1-4,6-7,20-21H2;1H. The van der Waals surface area contributed by atoms with Gasteiger partial charge in [-0.25, -0.2) is 9.18 Å². The summed E-state index contributed by atoms with van der Waals surface area (Å²) in [5, 5.41) is 0.112. The van der Waals surface area contributed by atoms with Crippen LogP contribution in [0.3, 0.4) is 0 Å². The van der Waals surface area contributed by atoms with Crippen molar-refractivity contribution < 1.29 is 4.39 Å². The predicted molar refractivity (Wildman–Crippen MR) is 105 cm³/mol. The molecule has 1 aromatic carbocycles. The summed E-state index contributed by atoms with van der Waals surface area (Å²) >= 11 is 6.59. The van der Waals surface area contributed by atoms with Gasteiger partial charge in [0.2, 0.25) is 0 Å². The topological polar surface area (TPSA) is 99.3 Å². The summed E-state index contributed by atoms with van der Waals surface area (Å²) in [6.07, 6.45) is 3.66. The van der Waals surface area contributed by atoms with Gasteiger partial charge in [-0.05, 0) is 31.7 Å². The van der Waals surface area contributed by atoms with E-state index in [1.165, 1.54) is 4.57 Å². The summed E-state index contributed by atoms with van der Waals surface area (Å²) in [6, 6.07) is 1.05. The molecule has 5 rings (SSSR count). The minimum absolute atomic E-state index is 0. The van der Waals surface area contributed by atoms with Gasteiger partial charge in [-0.2, -0.15) is 4.68 Å². The molecule has 7 nitrogen and oxygen atoms in total. The Bertz CT molecular complexity index is 1070. The maximum Gasteiger partial charge on any atom is 0.350 e. The van der Waals surface area contributed by atoms with Gasteiger partial charge in [-0.15, -0.1) is 12.4 Å². The molecule has 0 radical (unpaired) electrons. The Balaban J connectivity index is 0.00000180. The number of fused-ring (bicyclic) bond motifs is 1. The maximum atomic E-state index is 14.9. The molecule has 3 aliphatic rings. The normalized spacial score (nSPS) is 23.1. The van der Waals surface area contributed by atoms with Gasteiger partial charge < -0.3 is 16.5 Å². The molecule has 27 heavy (non-hydrogen) atoms. The highest BCUT2D eigenvalue weighted by atomic mass is 35.5. The van der Waals surface area contributed by atoms with Gasteiger partial charge in [-0.3, -0.25) is 9.36 Å². The van der Waals surface area contributed by atoms with Crippen LogP contribution in [0, 0.1) is 11.2 Å². The SMILES string of the molecule is Cl.NC1CN(c2c(F)cc3c(=O)n(N)c(=O)n(C4CC4)c3c2Cl)CC12CC2. The van der Waals surface area contributed by atoms with Gasteiger partial charge in [0.05, 0.1) is 21.6 Å². The third-order valence-corrected chi connectivity index (χ3v) is 6.46. The Labute approximate surface area is 165 Å². The van der Waals surface area contributed by atoms with Crippen molar-refractivity contribution in [1.29, 1.82) is 0 Å². The van der Waals surface area contributed by atoms with E-state index in [9.17, 15) is 14.0 Å². The molecule has 1 spiro atoms. The zero-order chi connectivity index (χ0) is 18.4. The van der Waals surface area contributed by atoms with E-state index in [1.54, 1.807) is 0 Å². The number of rotatable bonds is 2. The van der Waals surface area contributed by atoms with Gasteiger partial charge in [-0.1, -0.05) is 11.6 Å². The molecule has 2 aromatic rings. The van der Waals surface area contributed by atoms with Crippen molar-refractivity contribution in [2.45, 2.75) is 37.8 Å². The van der Waals surface area contributed by atoms with Crippen LogP contribution in [0.5, 0.6) is 0 Å². The first-order valence-electron chi connectivity index (χ1n) is 8.79. The van der Waals surface area contributed by atoms with Crippen LogP contribution >= 0.6 is 24.0 Å². The number of aromatic nitrogens is 2. The number of anilines is 1. The summed E-state index contributed by atoms with van der Waals surface area (Å²) in [5.41, 5.74) is 5.41. The summed E-state index contributed by atoms with van der Waals surface area (Å²) < 4.78 is 16.9. The van der Waals surface area contributed by atoms with Crippen molar-refractivity contribution in [3.63, 3.8) is 0 Å². The first-order valence-corrected chi connectivity index (χ1v) is 9.17.